The Morgan fingerprint density at radius 2 is 1.72 bits per heavy atom. The Kier molecular flexibility index (Phi) is 6.25. The minimum absolute atomic E-state index is 0.224. The van der Waals surface area contributed by atoms with Crippen LogP contribution in [0.15, 0.2) is 53.5 Å². The maximum atomic E-state index is 13.4. The summed E-state index contributed by atoms with van der Waals surface area (Å²) in [6.07, 6.45) is 4.68. The molecule has 1 aliphatic heterocycles. The lowest BCUT2D eigenvalue weighted by Gasteiger charge is -2.29. The van der Waals surface area contributed by atoms with Gasteiger partial charge in [-0.05, 0) is 49.2 Å². The van der Waals surface area contributed by atoms with Gasteiger partial charge in [0.15, 0.2) is 0 Å². The molecule has 3 heterocycles. The lowest BCUT2D eigenvalue weighted by atomic mass is 9.82. The predicted octanol–water partition coefficient (Wildman–Crippen LogP) is 4.90. The van der Waals surface area contributed by atoms with Crippen LogP contribution in [0, 0.1) is 0 Å². The van der Waals surface area contributed by atoms with E-state index in [1.807, 2.05) is 12.1 Å². The van der Waals surface area contributed by atoms with E-state index in [0.29, 0.717) is 32.6 Å². The van der Waals surface area contributed by atoms with E-state index >= 15 is 0 Å². The molecule has 1 saturated heterocycles. The number of fused-ring (bicyclic) bond motifs is 1. The summed E-state index contributed by atoms with van der Waals surface area (Å²) in [5, 5.41) is 12.5. The summed E-state index contributed by atoms with van der Waals surface area (Å²) in [7, 11) is 0. The lowest BCUT2D eigenvalue weighted by Crippen LogP contribution is -2.43. The number of para-hydroxylation sites is 1. The van der Waals surface area contributed by atoms with Crippen LogP contribution in [-0.4, -0.2) is 45.9 Å². The summed E-state index contributed by atoms with van der Waals surface area (Å²) in [5.74, 6) is 0.648. The first-order valence-electron chi connectivity index (χ1n) is 12.2. The first kappa shape index (κ1) is 23.2. The molecule has 8 nitrogen and oxygen atoms in total. The lowest BCUT2D eigenvalue weighted by molar-refractivity contribution is 0.407. The van der Waals surface area contributed by atoms with Gasteiger partial charge in [-0.1, -0.05) is 35.7 Å². The fourth-order valence-electron chi connectivity index (χ4n) is 4.72. The Morgan fingerprint density at radius 1 is 1.00 bits per heavy atom. The van der Waals surface area contributed by atoms with Gasteiger partial charge in [0, 0.05) is 49.7 Å². The normalized spacial score (nSPS) is 16.2. The Labute approximate surface area is 218 Å². The average Bonchev–Trinajstić information content (AvgIpc) is 2.86. The zero-order chi connectivity index (χ0) is 24.6. The number of anilines is 3. The average molecular weight is 522 g/mol. The molecule has 1 aliphatic carbocycles. The third kappa shape index (κ3) is 4.30. The first-order valence-corrected chi connectivity index (χ1v) is 12.9. The molecule has 6 rings (SSSR count). The van der Waals surface area contributed by atoms with Gasteiger partial charge in [0.05, 0.1) is 21.1 Å². The summed E-state index contributed by atoms with van der Waals surface area (Å²) in [5.41, 5.74) is 3.43. The smallest absolute Gasteiger partial charge is 0.282 e. The molecule has 2 aliphatic rings. The fraction of sp³-hybridized carbons (Fsp3) is 0.308. The summed E-state index contributed by atoms with van der Waals surface area (Å²) >= 11 is 12.8. The zero-order valence-corrected chi connectivity index (χ0v) is 21.1. The molecule has 36 heavy (non-hydrogen) atoms. The van der Waals surface area contributed by atoms with Crippen LogP contribution < -0.4 is 21.1 Å². The predicted molar refractivity (Wildman–Crippen MR) is 144 cm³/mol. The Hall–Kier alpha value is -3.20. The van der Waals surface area contributed by atoms with E-state index in [1.54, 1.807) is 24.4 Å². The molecule has 184 valence electrons. The highest BCUT2D eigenvalue weighted by molar-refractivity contribution is 6.37. The molecule has 4 aromatic rings. The van der Waals surface area contributed by atoms with Gasteiger partial charge in [0.25, 0.3) is 5.56 Å². The molecule has 2 fully saturated rings. The van der Waals surface area contributed by atoms with E-state index < -0.39 is 0 Å². The number of piperazine rings is 1. The molecular weight excluding hydrogens is 497 g/mol. The van der Waals surface area contributed by atoms with E-state index in [2.05, 4.69) is 32.7 Å². The van der Waals surface area contributed by atoms with Gasteiger partial charge < -0.3 is 15.5 Å². The molecule has 1 saturated carbocycles. The number of hydrogen-bond acceptors (Lipinski definition) is 7. The molecule has 0 unspecified atom stereocenters. The van der Waals surface area contributed by atoms with Crippen molar-refractivity contribution in [3.63, 3.8) is 0 Å². The Balaban J connectivity index is 1.37. The molecule has 2 aromatic carbocycles. The monoisotopic (exact) mass is 521 g/mol. The van der Waals surface area contributed by atoms with E-state index in [1.165, 1.54) is 10.4 Å². The summed E-state index contributed by atoms with van der Waals surface area (Å²) < 4.78 is 1.30. The highest BCUT2D eigenvalue weighted by atomic mass is 35.5. The van der Waals surface area contributed by atoms with Gasteiger partial charge >= 0.3 is 0 Å². The number of aromatic nitrogens is 4. The quantitative estimate of drug-likeness (QED) is 0.386. The topological polar surface area (TPSA) is 88.0 Å². The molecule has 0 bridgehead atoms. The zero-order valence-electron chi connectivity index (χ0n) is 19.5. The molecule has 2 N–H and O–H groups in total. The van der Waals surface area contributed by atoms with Crippen LogP contribution in [0.3, 0.4) is 0 Å². The van der Waals surface area contributed by atoms with E-state index in [9.17, 15) is 4.79 Å². The number of rotatable bonds is 5. The maximum absolute atomic E-state index is 13.4. The van der Waals surface area contributed by atoms with Crippen molar-refractivity contribution in [3.05, 3.63) is 74.8 Å². The van der Waals surface area contributed by atoms with Gasteiger partial charge in [0.2, 0.25) is 5.95 Å². The molecule has 0 amide bonds. The van der Waals surface area contributed by atoms with Crippen molar-refractivity contribution in [1.29, 1.82) is 0 Å². The second kappa shape index (κ2) is 9.69. The summed E-state index contributed by atoms with van der Waals surface area (Å²) in [6, 6.07) is 13.4. The first-order chi connectivity index (χ1) is 17.6. The second-order valence-electron chi connectivity index (χ2n) is 9.17. The number of hydrogen-bond donors (Lipinski definition) is 2. The third-order valence-electron chi connectivity index (χ3n) is 6.91. The highest BCUT2D eigenvalue weighted by Gasteiger charge is 2.27. The van der Waals surface area contributed by atoms with Crippen LogP contribution in [0.5, 0.6) is 0 Å². The van der Waals surface area contributed by atoms with Crippen LogP contribution in [-0.2, 0) is 0 Å². The highest BCUT2D eigenvalue weighted by Crippen LogP contribution is 2.38. The molecule has 0 radical (unpaired) electrons. The SMILES string of the molecule is O=c1c2cnc(Nc3ccc(N4CCNCC4)cc3)nc2c(C2CCC2)nn1-c1c(Cl)cccc1Cl. The number of nitrogens with one attached hydrogen (secondary N) is 2. The third-order valence-corrected chi connectivity index (χ3v) is 7.52. The van der Waals surface area contributed by atoms with E-state index in [4.69, 9.17) is 33.3 Å². The van der Waals surface area contributed by atoms with Gasteiger partial charge in [-0.25, -0.2) is 9.97 Å². The molecule has 10 heteroatoms. The van der Waals surface area contributed by atoms with E-state index in [-0.39, 0.29) is 11.5 Å². The van der Waals surface area contributed by atoms with Crippen LogP contribution >= 0.6 is 23.2 Å². The minimum Gasteiger partial charge on any atom is -0.369 e. The van der Waals surface area contributed by atoms with Crippen molar-refractivity contribution in [2.45, 2.75) is 25.2 Å². The van der Waals surface area contributed by atoms with Gasteiger partial charge in [-0.3, -0.25) is 4.79 Å². The molecule has 2 aromatic heterocycles. The van der Waals surface area contributed by atoms with E-state index in [0.717, 1.165) is 56.8 Å². The van der Waals surface area contributed by atoms with Crippen molar-refractivity contribution < 1.29 is 0 Å². The maximum Gasteiger partial charge on any atom is 0.282 e. The van der Waals surface area contributed by atoms with Gasteiger partial charge in [0.1, 0.15) is 11.2 Å². The molecule has 0 spiro atoms. The van der Waals surface area contributed by atoms with Crippen LogP contribution in [0.2, 0.25) is 10.0 Å². The summed E-state index contributed by atoms with van der Waals surface area (Å²) in [6.45, 7) is 3.97. The van der Waals surface area contributed by atoms with Crippen molar-refractivity contribution in [2.24, 2.45) is 0 Å². The van der Waals surface area contributed by atoms with Crippen molar-refractivity contribution in [3.8, 4) is 5.69 Å². The van der Waals surface area contributed by atoms with Gasteiger partial charge in [-0.15, -0.1) is 0 Å². The van der Waals surface area contributed by atoms with Crippen molar-refractivity contribution in [2.75, 3.05) is 36.4 Å². The Morgan fingerprint density at radius 3 is 2.39 bits per heavy atom. The fourth-order valence-corrected chi connectivity index (χ4v) is 5.27. The molecule has 0 atom stereocenters. The number of halogens is 2. The minimum atomic E-state index is -0.352. The van der Waals surface area contributed by atoms with Crippen LogP contribution in [0.4, 0.5) is 17.3 Å². The van der Waals surface area contributed by atoms with Gasteiger partial charge in [-0.2, -0.15) is 9.78 Å². The van der Waals surface area contributed by atoms with Crippen LogP contribution in [0.1, 0.15) is 30.9 Å². The Bertz CT molecular complexity index is 1460. The standard InChI is InChI=1S/C26H25Cl2N7O/c27-20-5-2-6-21(28)24(20)35-25(36)19-15-30-26(32-23(19)22(33-35)16-3-1-4-16)31-17-7-9-18(10-8-17)34-13-11-29-12-14-34/h2,5-10,15-16,29H,1,3-4,11-14H2,(H,30,31,32). The van der Waals surface area contributed by atoms with Crippen molar-refractivity contribution >= 4 is 51.4 Å². The largest absolute Gasteiger partial charge is 0.369 e. The number of benzene rings is 2. The second-order valence-corrected chi connectivity index (χ2v) is 9.98. The van der Waals surface area contributed by atoms with Crippen LogP contribution in [0.25, 0.3) is 16.6 Å². The molecular formula is C26H25Cl2N7O. The van der Waals surface area contributed by atoms with Crippen molar-refractivity contribution in [1.82, 2.24) is 25.1 Å². The summed E-state index contributed by atoms with van der Waals surface area (Å²) in [4.78, 5) is 25.0. The number of nitrogens with zero attached hydrogens (tertiary/aromatic N) is 5.